The van der Waals surface area contributed by atoms with Gasteiger partial charge in [-0.25, -0.2) is 9.97 Å². The summed E-state index contributed by atoms with van der Waals surface area (Å²) in [4.78, 5) is 9.92. The van der Waals surface area contributed by atoms with Gasteiger partial charge < -0.3 is 4.90 Å². The van der Waals surface area contributed by atoms with Gasteiger partial charge in [0.1, 0.15) is 11.0 Å². The molecule has 0 unspecified atom stereocenters. The number of rotatable bonds is 1. The number of aromatic nitrogens is 2. The van der Waals surface area contributed by atoms with Crippen molar-refractivity contribution < 1.29 is 13.2 Å². The van der Waals surface area contributed by atoms with E-state index in [9.17, 15) is 13.2 Å². The van der Waals surface area contributed by atoms with Crippen LogP contribution < -0.4 is 4.90 Å². The van der Waals surface area contributed by atoms with Crippen molar-refractivity contribution in [1.82, 2.24) is 9.97 Å². The highest BCUT2D eigenvalue weighted by molar-refractivity contribution is 14.1. The molecule has 2 rings (SSSR count). The monoisotopic (exact) mass is 391 g/mol. The van der Waals surface area contributed by atoms with E-state index >= 15 is 0 Å². The molecule has 0 saturated carbocycles. The van der Waals surface area contributed by atoms with Crippen LogP contribution in [0.15, 0.2) is 6.07 Å². The number of alkyl halides is 3. The summed E-state index contributed by atoms with van der Waals surface area (Å²) in [5, 5.41) is 0.308. The van der Waals surface area contributed by atoms with E-state index in [1.165, 1.54) is 0 Å². The minimum Gasteiger partial charge on any atom is -0.356 e. The Labute approximate surface area is 121 Å². The first-order valence-corrected chi connectivity index (χ1v) is 6.83. The van der Waals surface area contributed by atoms with E-state index in [1.54, 1.807) is 6.07 Å². The Balaban J connectivity index is 2.05. The number of nitrogens with zero attached hydrogens (tertiary/aromatic N) is 3. The van der Waals surface area contributed by atoms with E-state index in [-0.39, 0.29) is 12.8 Å². The molecule has 1 aromatic rings. The molecule has 0 aliphatic carbocycles. The summed E-state index contributed by atoms with van der Waals surface area (Å²) in [6.45, 7) is 0.682. The van der Waals surface area contributed by atoms with Gasteiger partial charge in [0, 0.05) is 41.7 Å². The minimum absolute atomic E-state index is 0.0989. The molecule has 8 heteroatoms. The van der Waals surface area contributed by atoms with Crippen LogP contribution >= 0.6 is 34.2 Å². The third-order valence-electron chi connectivity index (χ3n) is 2.94. The molecule has 100 valence electrons. The molecule has 1 saturated heterocycles. The van der Waals surface area contributed by atoms with Crippen LogP contribution in [0.1, 0.15) is 12.8 Å². The third kappa shape index (κ3) is 3.37. The molecule has 0 bridgehead atoms. The number of piperidine rings is 1. The average Bonchev–Trinajstić information content (AvgIpc) is 2.27. The molecule has 18 heavy (non-hydrogen) atoms. The molecule has 2 heterocycles. The van der Waals surface area contributed by atoms with Crippen LogP contribution in [0.5, 0.6) is 0 Å². The summed E-state index contributed by atoms with van der Waals surface area (Å²) in [5.41, 5.74) is 0. The van der Waals surface area contributed by atoms with Crippen molar-refractivity contribution in [2.75, 3.05) is 18.0 Å². The highest BCUT2D eigenvalue weighted by Crippen LogP contribution is 2.35. The Morgan fingerprint density at radius 3 is 2.39 bits per heavy atom. The molecule has 3 nitrogen and oxygen atoms in total. The summed E-state index contributed by atoms with van der Waals surface area (Å²) in [7, 11) is 0. The maximum absolute atomic E-state index is 12.5. The molecule has 0 amide bonds. The van der Waals surface area contributed by atoms with Crippen LogP contribution in [0.2, 0.25) is 5.15 Å². The Kier molecular flexibility index (Phi) is 4.20. The summed E-state index contributed by atoms with van der Waals surface area (Å²) in [5.74, 6) is -0.606. The standard InChI is InChI=1S/C10H10ClF3IN3/c11-7-5-8(17-9(15)16-7)18-3-1-6(2-4-18)10(12,13)14/h5-6H,1-4H2. The molecule has 0 atom stereocenters. The minimum atomic E-state index is -4.09. The predicted octanol–water partition coefficient (Wildman–Crippen LogP) is 3.51. The molecule has 0 spiro atoms. The second-order valence-corrected chi connectivity index (χ2v) is 5.47. The van der Waals surface area contributed by atoms with Gasteiger partial charge >= 0.3 is 6.18 Å². The van der Waals surface area contributed by atoms with E-state index in [0.717, 1.165) is 0 Å². The van der Waals surface area contributed by atoms with Crippen LogP contribution in [-0.2, 0) is 0 Å². The molecular weight excluding hydrogens is 381 g/mol. The van der Waals surface area contributed by atoms with Gasteiger partial charge in [-0.1, -0.05) is 11.6 Å². The van der Waals surface area contributed by atoms with Crippen LogP contribution in [-0.4, -0.2) is 29.2 Å². The largest absolute Gasteiger partial charge is 0.391 e. The molecule has 1 fully saturated rings. The number of hydrogen-bond acceptors (Lipinski definition) is 3. The van der Waals surface area contributed by atoms with E-state index in [1.807, 2.05) is 27.5 Å². The Hall–Kier alpha value is -0.310. The highest BCUT2D eigenvalue weighted by atomic mass is 127. The number of halogens is 5. The predicted molar refractivity (Wildman–Crippen MR) is 70.8 cm³/mol. The summed E-state index contributed by atoms with van der Waals surface area (Å²) in [6.07, 6.45) is -3.90. The van der Waals surface area contributed by atoms with Crippen LogP contribution in [0.25, 0.3) is 0 Å². The first kappa shape index (κ1) is 14.1. The van der Waals surface area contributed by atoms with Crippen molar-refractivity contribution in [2.24, 2.45) is 5.92 Å². The second-order valence-electron chi connectivity index (χ2n) is 4.12. The van der Waals surface area contributed by atoms with Gasteiger partial charge in [-0.2, -0.15) is 13.2 Å². The Bertz CT molecular complexity index is 413. The fraction of sp³-hybridized carbons (Fsp3) is 0.600. The number of hydrogen-bond donors (Lipinski definition) is 0. The van der Waals surface area contributed by atoms with Crippen molar-refractivity contribution in [3.8, 4) is 0 Å². The zero-order valence-electron chi connectivity index (χ0n) is 9.21. The molecule has 1 aromatic heterocycles. The Morgan fingerprint density at radius 2 is 1.89 bits per heavy atom. The Morgan fingerprint density at radius 1 is 1.28 bits per heavy atom. The van der Waals surface area contributed by atoms with Crippen LogP contribution in [0, 0.1) is 9.75 Å². The molecule has 0 aromatic carbocycles. The van der Waals surface area contributed by atoms with Crippen molar-refractivity contribution in [3.63, 3.8) is 0 Å². The molecule has 1 aliphatic rings. The first-order chi connectivity index (χ1) is 8.36. The normalized spacial score (nSPS) is 18.2. The van der Waals surface area contributed by atoms with Gasteiger partial charge in [0.25, 0.3) is 0 Å². The second kappa shape index (κ2) is 5.36. The first-order valence-electron chi connectivity index (χ1n) is 5.38. The number of anilines is 1. The zero-order valence-corrected chi connectivity index (χ0v) is 12.1. The lowest BCUT2D eigenvalue weighted by Gasteiger charge is -2.33. The third-order valence-corrected chi connectivity index (χ3v) is 3.61. The van der Waals surface area contributed by atoms with Crippen LogP contribution in [0.4, 0.5) is 19.0 Å². The molecule has 0 N–H and O–H groups in total. The van der Waals surface area contributed by atoms with Gasteiger partial charge in [0.2, 0.25) is 0 Å². The quantitative estimate of drug-likeness (QED) is 0.417. The van der Waals surface area contributed by atoms with Gasteiger partial charge in [-0.15, -0.1) is 0 Å². The van der Waals surface area contributed by atoms with Crippen molar-refractivity contribution in [1.29, 1.82) is 0 Å². The lowest BCUT2D eigenvalue weighted by Crippen LogP contribution is -2.39. The van der Waals surface area contributed by atoms with Crippen molar-refractivity contribution >= 4 is 40.0 Å². The maximum Gasteiger partial charge on any atom is 0.391 e. The summed E-state index contributed by atoms with van der Waals surface area (Å²) < 4.78 is 38.1. The van der Waals surface area contributed by atoms with Crippen molar-refractivity contribution in [3.05, 3.63) is 15.1 Å². The SMILES string of the molecule is FC(F)(F)C1CCN(c2cc(Cl)nc(I)n2)CC1. The average molecular weight is 392 g/mol. The topological polar surface area (TPSA) is 29.0 Å². The van der Waals surface area contributed by atoms with E-state index in [2.05, 4.69) is 9.97 Å². The lowest BCUT2D eigenvalue weighted by atomic mass is 9.96. The van der Waals surface area contributed by atoms with Crippen LogP contribution in [0.3, 0.4) is 0 Å². The molecular formula is C10H10ClF3IN3. The fourth-order valence-electron chi connectivity index (χ4n) is 1.98. The van der Waals surface area contributed by atoms with Gasteiger partial charge in [0.05, 0.1) is 5.92 Å². The van der Waals surface area contributed by atoms with E-state index in [0.29, 0.717) is 27.9 Å². The maximum atomic E-state index is 12.5. The zero-order chi connectivity index (χ0) is 13.3. The smallest absolute Gasteiger partial charge is 0.356 e. The van der Waals surface area contributed by atoms with Crippen molar-refractivity contribution in [2.45, 2.75) is 19.0 Å². The van der Waals surface area contributed by atoms with Gasteiger partial charge in [-0.3, -0.25) is 0 Å². The van der Waals surface area contributed by atoms with Gasteiger partial charge in [-0.05, 0) is 12.8 Å². The fourth-order valence-corrected chi connectivity index (χ4v) is 2.80. The van der Waals surface area contributed by atoms with Gasteiger partial charge in [0.15, 0.2) is 3.83 Å². The van der Waals surface area contributed by atoms with E-state index in [4.69, 9.17) is 11.6 Å². The molecule has 0 radical (unpaired) electrons. The summed E-state index contributed by atoms with van der Waals surface area (Å²) in [6, 6.07) is 1.58. The highest BCUT2D eigenvalue weighted by Gasteiger charge is 2.41. The summed E-state index contributed by atoms with van der Waals surface area (Å²) >= 11 is 7.74. The lowest BCUT2D eigenvalue weighted by molar-refractivity contribution is -0.179. The molecule has 1 aliphatic heterocycles. The van der Waals surface area contributed by atoms with E-state index < -0.39 is 12.1 Å².